The lowest BCUT2D eigenvalue weighted by molar-refractivity contribution is -0.120. The monoisotopic (exact) mass is 420 g/mol. The maximum absolute atomic E-state index is 12.6. The Labute approximate surface area is 163 Å². The van der Waals surface area contributed by atoms with E-state index in [-0.39, 0.29) is 11.9 Å². The summed E-state index contributed by atoms with van der Waals surface area (Å²) in [6.45, 7) is 4.51. The highest BCUT2D eigenvalue weighted by atomic mass is 79.9. The fourth-order valence-corrected chi connectivity index (χ4v) is 3.16. The minimum atomic E-state index is -0.295. The first kappa shape index (κ1) is 20.3. The molecule has 0 heterocycles. The lowest BCUT2D eigenvalue weighted by Crippen LogP contribution is -2.39. The molecule has 2 aromatic carbocycles. The number of ether oxygens (including phenoxy) is 2. The Kier molecular flexibility index (Phi) is 7.06. The lowest BCUT2D eigenvalue weighted by Gasteiger charge is -2.24. The SMILES string of the molecule is COc1ccc(CN(C)C(C)C(=O)Nc2ccc(C)cc2Br)cc1OC. The van der Waals surface area contributed by atoms with Crippen molar-refractivity contribution in [2.75, 3.05) is 26.6 Å². The highest BCUT2D eigenvalue weighted by molar-refractivity contribution is 9.10. The Morgan fingerprint density at radius 1 is 1.15 bits per heavy atom. The molecule has 0 aliphatic carbocycles. The van der Waals surface area contributed by atoms with E-state index in [2.05, 4.69) is 21.2 Å². The zero-order chi connectivity index (χ0) is 19.3. The molecule has 2 aromatic rings. The zero-order valence-corrected chi connectivity index (χ0v) is 17.4. The minimum Gasteiger partial charge on any atom is -0.493 e. The Morgan fingerprint density at radius 2 is 1.85 bits per heavy atom. The molecule has 5 nitrogen and oxygen atoms in total. The number of methoxy groups -OCH3 is 2. The van der Waals surface area contributed by atoms with Crippen molar-refractivity contribution in [3.05, 3.63) is 52.0 Å². The number of rotatable bonds is 7. The summed E-state index contributed by atoms with van der Waals surface area (Å²) in [6.07, 6.45) is 0. The van der Waals surface area contributed by atoms with Gasteiger partial charge in [0.2, 0.25) is 5.91 Å². The van der Waals surface area contributed by atoms with Gasteiger partial charge in [0.05, 0.1) is 25.9 Å². The molecular weight excluding hydrogens is 396 g/mol. The third-order valence-electron chi connectivity index (χ3n) is 4.30. The molecule has 0 saturated heterocycles. The Hall–Kier alpha value is -2.05. The van der Waals surface area contributed by atoms with E-state index >= 15 is 0 Å². The maximum atomic E-state index is 12.6. The number of hydrogen-bond donors (Lipinski definition) is 1. The van der Waals surface area contributed by atoms with Crippen molar-refractivity contribution in [2.24, 2.45) is 0 Å². The van der Waals surface area contributed by atoms with Gasteiger partial charge in [-0.3, -0.25) is 9.69 Å². The fourth-order valence-electron chi connectivity index (χ4n) is 2.56. The van der Waals surface area contributed by atoms with Gasteiger partial charge in [0, 0.05) is 11.0 Å². The fraction of sp³-hybridized carbons (Fsp3) is 0.350. The number of nitrogens with zero attached hydrogens (tertiary/aromatic N) is 1. The Morgan fingerprint density at radius 3 is 2.46 bits per heavy atom. The molecule has 0 aliphatic rings. The number of benzene rings is 2. The summed E-state index contributed by atoms with van der Waals surface area (Å²) in [4.78, 5) is 14.6. The quantitative estimate of drug-likeness (QED) is 0.727. The second-order valence-electron chi connectivity index (χ2n) is 6.25. The molecule has 0 bridgehead atoms. The lowest BCUT2D eigenvalue weighted by atomic mass is 10.1. The smallest absolute Gasteiger partial charge is 0.241 e. The highest BCUT2D eigenvalue weighted by Gasteiger charge is 2.19. The average molecular weight is 421 g/mol. The number of anilines is 1. The first-order valence-electron chi connectivity index (χ1n) is 8.34. The van der Waals surface area contributed by atoms with Crippen LogP contribution in [0.25, 0.3) is 0 Å². The van der Waals surface area contributed by atoms with E-state index in [0.717, 1.165) is 21.3 Å². The van der Waals surface area contributed by atoms with Crippen LogP contribution in [0.3, 0.4) is 0 Å². The predicted octanol–water partition coefficient (Wildman–Crippen LogP) is 4.23. The molecule has 1 amide bonds. The van der Waals surface area contributed by atoms with E-state index in [1.165, 1.54) is 0 Å². The molecule has 0 saturated carbocycles. The van der Waals surface area contributed by atoms with E-state index in [9.17, 15) is 4.79 Å². The summed E-state index contributed by atoms with van der Waals surface area (Å²) in [6, 6.07) is 11.3. The molecule has 26 heavy (non-hydrogen) atoms. The van der Waals surface area contributed by atoms with E-state index < -0.39 is 0 Å². The van der Waals surface area contributed by atoms with E-state index in [0.29, 0.717) is 18.0 Å². The van der Waals surface area contributed by atoms with Gasteiger partial charge in [-0.25, -0.2) is 0 Å². The van der Waals surface area contributed by atoms with Gasteiger partial charge in [0.25, 0.3) is 0 Å². The maximum Gasteiger partial charge on any atom is 0.241 e. The van der Waals surface area contributed by atoms with Crippen molar-refractivity contribution >= 4 is 27.5 Å². The highest BCUT2D eigenvalue weighted by Crippen LogP contribution is 2.28. The van der Waals surface area contributed by atoms with Crippen LogP contribution in [0.2, 0.25) is 0 Å². The van der Waals surface area contributed by atoms with Crippen LogP contribution in [-0.2, 0) is 11.3 Å². The molecule has 1 N–H and O–H groups in total. The second-order valence-corrected chi connectivity index (χ2v) is 7.11. The van der Waals surface area contributed by atoms with Gasteiger partial charge in [-0.15, -0.1) is 0 Å². The molecule has 0 aromatic heterocycles. The summed E-state index contributed by atoms with van der Waals surface area (Å²) in [5, 5.41) is 2.97. The molecule has 1 unspecified atom stereocenters. The number of carbonyl (C=O) groups excluding carboxylic acids is 1. The molecule has 140 valence electrons. The molecule has 0 spiro atoms. The van der Waals surface area contributed by atoms with Crippen LogP contribution in [0.5, 0.6) is 11.5 Å². The standard InChI is InChI=1S/C20H25BrN2O3/c1-13-6-8-17(16(21)10-13)22-20(24)14(2)23(3)12-15-7-9-18(25-4)19(11-15)26-5/h6-11,14H,12H2,1-5H3,(H,22,24). The van der Waals surface area contributed by atoms with Crippen LogP contribution in [-0.4, -0.2) is 38.1 Å². The van der Waals surface area contributed by atoms with Gasteiger partial charge in [0.15, 0.2) is 11.5 Å². The van der Waals surface area contributed by atoms with Gasteiger partial charge in [-0.2, -0.15) is 0 Å². The van der Waals surface area contributed by atoms with Gasteiger partial charge >= 0.3 is 0 Å². The van der Waals surface area contributed by atoms with E-state index in [1.807, 2.05) is 62.2 Å². The van der Waals surface area contributed by atoms with Crippen LogP contribution in [0, 0.1) is 6.92 Å². The summed E-state index contributed by atoms with van der Waals surface area (Å²) < 4.78 is 11.5. The van der Waals surface area contributed by atoms with Crippen LogP contribution in [0.4, 0.5) is 5.69 Å². The van der Waals surface area contributed by atoms with Gasteiger partial charge < -0.3 is 14.8 Å². The summed E-state index contributed by atoms with van der Waals surface area (Å²) in [7, 11) is 5.14. The summed E-state index contributed by atoms with van der Waals surface area (Å²) in [5.41, 5.74) is 2.95. The summed E-state index contributed by atoms with van der Waals surface area (Å²) >= 11 is 3.49. The number of nitrogens with one attached hydrogen (secondary N) is 1. The first-order valence-corrected chi connectivity index (χ1v) is 9.13. The second kappa shape index (κ2) is 9.05. The van der Waals surface area contributed by atoms with Crippen molar-refractivity contribution < 1.29 is 14.3 Å². The van der Waals surface area contributed by atoms with Gasteiger partial charge in [-0.1, -0.05) is 12.1 Å². The molecule has 6 heteroatoms. The van der Waals surface area contributed by atoms with Crippen molar-refractivity contribution in [3.8, 4) is 11.5 Å². The summed E-state index contributed by atoms with van der Waals surface area (Å²) in [5.74, 6) is 1.31. The first-order chi connectivity index (χ1) is 12.3. The van der Waals surface area contributed by atoms with Gasteiger partial charge in [0.1, 0.15) is 0 Å². The van der Waals surface area contributed by atoms with Crippen LogP contribution >= 0.6 is 15.9 Å². The molecular formula is C20H25BrN2O3. The third kappa shape index (κ3) is 4.99. The Balaban J connectivity index is 2.04. The van der Waals surface area contributed by atoms with E-state index in [4.69, 9.17) is 9.47 Å². The minimum absolute atomic E-state index is 0.0578. The number of amides is 1. The van der Waals surface area contributed by atoms with E-state index in [1.54, 1.807) is 14.2 Å². The molecule has 0 radical (unpaired) electrons. The van der Waals surface area contributed by atoms with Crippen LogP contribution in [0.15, 0.2) is 40.9 Å². The molecule has 0 fully saturated rings. The number of carbonyl (C=O) groups is 1. The number of aryl methyl sites for hydroxylation is 1. The normalized spacial score (nSPS) is 12.0. The van der Waals surface area contributed by atoms with Crippen molar-refractivity contribution in [3.63, 3.8) is 0 Å². The average Bonchev–Trinajstić information content (AvgIpc) is 2.63. The third-order valence-corrected chi connectivity index (χ3v) is 4.96. The van der Waals surface area contributed by atoms with Crippen molar-refractivity contribution in [1.82, 2.24) is 4.90 Å². The van der Waals surface area contributed by atoms with Crippen LogP contribution < -0.4 is 14.8 Å². The largest absolute Gasteiger partial charge is 0.493 e. The Bertz CT molecular complexity index is 780. The molecule has 2 rings (SSSR count). The number of halogens is 1. The zero-order valence-electron chi connectivity index (χ0n) is 15.8. The van der Waals surface area contributed by atoms with Gasteiger partial charge in [-0.05, 0) is 72.2 Å². The van der Waals surface area contributed by atoms with Crippen molar-refractivity contribution in [1.29, 1.82) is 0 Å². The molecule has 0 aliphatic heterocycles. The number of hydrogen-bond acceptors (Lipinski definition) is 4. The van der Waals surface area contributed by atoms with Crippen molar-refractivity contribution in [2.45, 2.75) is 26.4 Å². The number of likely N-dealkylation sites (N-methyl/N-ethyl adjacent to an activating group) is 1. The predicted molar refractivity (Wildman–Crippen MR) is 108 cm³/mol. The van der Waals surface area contributed by atoms with Crippen LogP contribution in [0.1, 0.15) is 18.1 Å². The topological polar surface area (TPSA) is 50.8 Å². The molecule has 1 atom stereocenters.